The normalized spacial score (nSPS) is 21.2. The number of hydrogen-bond acceptors (Lipinski definition) is 8. The van der Waals surface area contributed by atoms with E-state index in [1.165, 1.54) is 30.3 Å². The van der Waals surface area contributed by atoms with Gasteiger partial charge in [-0.15, -0.1) is 0 Å². The van der Waals surface area contributed by atoms with E-state index in [-0.39, 0.29) is 28.7 Å². The van der Waals surface area contributed by atoms with Crippen molar-refractivity contribution >= 4 is 46.4 Å². The zero-order valence-corrected chi connectivity index (χ0v) is 16.0. The van der Waals surface area contributed by atoms with Crippen LogP contribution in [0.3, 0.4) is 0 Å². The highest BCUT2D eigenvalue weighted by atomic mass is 32.1. The molecule has 0 spiro atoms. The van der Waals surface area contributed by atoms with Crippen molar-refractivity contribution in [2.24, 2.45) is 0 Å². The van der Waals surface area contributed by atoms with Gasteiger partial charge in [0.25, 0.3) is 5.69 Å². The molecule has 2 N–H and O–H groups in total. The van der Waals surface area contributed by atoms with E-state index in [9.17, 15) is 24.5 Å². The minimum absolute atomic E-state index is 0.0856. The molecule has 28 heavy (non-hydrogen) atoms. The van der Waals surface area contributed by atoms with E-state index in [1.807, 2.05) is 0 Å². The fourth-order valence-corrected chi connectivity index (χ4v) is 3.45. The number of nitro groups is 1. The molecule has 12 heteroatoms. The molecule has 0 aliphatic carbocycles. The van der Waals surface area contributed by atoms with Gasteiger partial charge in [0.1, 0.15) is 17.3 Å². The van der Waals surface area contributed by atoms with Gasteiger partial charge in [-0.3, -0.25) is 29.8 Å². The first kappa shape index (κ1) is 19.6. The zero-order valence-electron chi connectivity index (χ0n) is 15.2. The molecule has 0 aromatic heterocycles. The summed E-state index contributed by atoms with van der Waals surface area (Å²) in [7, 11) is 1.31. The van der Waals surface area contributed by atoms with Crippen LogP contribution < -0.4 is 15.4 Å². The van der Waals surface area contributed by atoms with Gasteiger partial charge in [0.15, 0.2) is 5.11 Å². The average molecular weight is 407 g/mol. The number of ether oxygens (including phenoxy) is 1. The highest BCUT2D eigenvalue weighted by Gasteiger charge is 2.56. The molecule has 0 unspecified atom stereocenters. The lowest BCUT2D eigenvalue weighted by Gasteiger charge is -2.45. The van der Waals surface area contributed by atoms with Crippen molar-refractivity contribution in [2.45, 2.75) is 31.8 Å². The average Bonchev–Trinajstić information content (AvgIpc) is 2.99. The van der Waals surface area contributed by atoms with Gasteiger partial charge < -0.3 is 10.1 Å². The summed E-state index contributed by atoms with van der Waals surface area (Å²) in [5, 5.41) is 18.4. The predicted molar refractivity (Wildman–Crippen MR) is 100 cm³/mol. The Morgan fingerprint density at radius 2 is 2.11 bits per heavy atom. The third-order valence-electron chi connectivity index (χ3n) is 4.61. The highest BCUT2D eigenvalue weighted by molar-refractivity contribution is 7.80. The first-order chi connectivity index (χ1) is 13.1. The summed E-state index contributed by atoms with van der Waals surface area (Å²) in [5.74, 6) is -1.34. The molecule has 0 saturated carbocycles. The smallest absolute Gasteiger partial charge is 0.273 e. The van der Waals surface area contributed by atoms with E-state index in [0.29, 0.717) is 0 Å². The van der Waals surface area contributed by atoms with Crippen molar-refractivity contribution in [1.82, 2.24) is 15.3 Å². The van der Waals surface area contributed by atoms with Gasteiger partial charge in [-0.05, 0) is 32.1 Å². The maximum atomic E-state index is 12.9. The molecule has 2 fully saturated rings. The largest absolute Gasteiger partial charge is 0.494 e. The van der Waals surface area contributed by atoms with Gasteiger partial charge in [-0.2, -0.15) is 5.01 Å². The van der Waals surface area contributed by atoms with E-state index >= 15 is 0 Å². The number of methoxy groups -OCH3 is 1. The number of rotatable bonds is 4. The first-order valence-corrected chi connectivity index (χ1v) is 8.59. The van der Waals surface area contributed by atoms with Crippen LogP contribution in [0.1, 0.15) is 20.3 Å². The number of anilines is 1. The third-order valence-corrected chi connectivity index (χ3v) is 4.89. The topological polar surface area (TPSA) is 134 Å². The molecular formula is C16H17N5O6S. The van der Waals surface area contributed by atoms with E-state index in [1.54, 1.807) is 13.8 Å². The second kappa shape index (κ2) is 6.80. The zero-order chi connectivity index (χ0) is 20.8. The molecule has 3 amide bonds. The van der Waals surface area contributed by atoms with Crippen LogP contribution in [0.4, 0.5) is 11.4 Å². The molecule has 0 bridgehead atoms. The number of amides is 3. The summed E-state index contributed by atoms with van der Waals surface area (Å²) in [5.41, 5.74) is -1.20. The maximum absolute atomic E-state index is 12.9. The van der Waals surface area contributed by atoms with Crippen LogP contribution >= 0.6 is 12.2 Å². The molecule has 1 aromatic rings. The van der Waals surface area contributed by atoms with Crippen molar-refractivity contribution in [3.63, 3.8) is 0 Å². The quantitative estimate of drug-likeness (QED) is 0.420. The molecule has 2 aliphatic rings. The Kier molecular flexibility index (Phi) is 4.77. The highest BCUT2D eigenvalue weighted by Crippen LogP contribution is 2.34. The number of nitrogens with zero attached hydrogens (tertiary/aromatic N) is 3. The summed E-state index contributed by atoms with van der Waals surface area (Å²) < 4.78 is 5.11. The van der Waals surface area contributed by atoms with Gasteiger partial charge >= 0.3 is 0 Å². The Morgan fingerprint density at radius 3 is 2.71 bits per heavy atom. The maximum Gasteiger partial charge on any atom is 0.273 e. The summed E-state index contributed by atoms with van der Waals surface area (Å²) in [4.78, 5) is 47.9. The predicted octanol–water partition coefficient (Wildman–Crippen LogP) is 0.553. The Bertz CT molecular complexity index is 917. The van der Waals surface area contributed by atoms with Crippen LogP contribution in [0, 0.1) is 10.1 Å². The van der Waals surface area contributed by atoms with Crippen LogP contribution in [0.2, 0.25) is 0 Å². The molecule has 1 atom stereocenters. The van der Waals surface area contributed by atoms with Crippen molar-refractivity contribution in [3.8, 4) is 5.75 Å². The SMILES string of the molecule is COc1cc([N+](=O)[O-])ccc1NC(=O)[C@H]1CC(=O)N2C(=S)NC(=O)C(C)(C)N12. The molecule has 2 saturated heterocycles. The van der Waals surface area contributed by atoms with E-state index in [4.69, 9.17) is 17.0 Å². The van der Waals surface area contributed by atoms with Crippen LogP contribution in [0.15, 0.2) is 18.2 Å². The van der Waals surface area contributed by atoms with Crippen molar-refractivity contribution in [2.75, 3.05) is 12.4 Å². The number of nitrogens with one attached hydrogen (secondary N) is 2. The van der Waals surface area contributed by atoms with Crippen molar-refractivity contribution in [3.05, 3.63) is 28.3 Å². The lowest BCUT2D eigenvalue weighted by Crippen LogP contribution is -2.71. The van der Waals surface area contributed by atoms with Crippen LogP contribution in [0.25, 0.3) is 0 Å². The molecule has 148 valence electrons. The number of hydrogen-bond donors (Lipinski definition) is 2. The lowest BCUT2D eigenvalue weighted by molar-refractivity contribution is -0.384. The standard InChI is InChI=1S/C16H17N5O6S/c1-16(2)14(24)18-15(28)19-12(22)7-10(20(16)19)13(23)17-9-5-4-8(21(25)26)6-11(9)27-3/h4-6,10H,7H2,1-3H3,(H,17,23)(H,18,24,28)/t10-/m1/s1. The van der Waals surface area contributed by atoms with Crippen LogP contribution in [0.5, 0.6) is 5.75 Å². The molecule has 11 nitrogen and oxygen atoms in total. The minimum Gasteiger partial charge on any atom is -0.494 e. The molecular weight excluding hydrogens is 390 g/mol. The number of hydrazine groups is 1. The monoisotopic (exact) mass is 407 g/mol. The van der Waals surface area contributed by atoms with Crippen LogP contribution in [-0.4, -0.2) is 56.5 Å². The summed E-state index contributed by atoms with van der Waals surface area (Å²) in [6, 6.07) is 2.74. The Hall–Kier alpha value is -3.12. The number of thiocarbonyl (C=S) groups is 1. The second-order valence-electron chi connectivity index (χ2n) is 6.72. The first-order valence-electron chi connectivity index (χ1n) is 8.19. The van der Waals surface area contributed by atoms with Gasteiger partial charge in [-0.1, -0.05) is 0 Å². The van der Waals surface area contributed by atoms with E-state index in [2.05, 4.69) is 10.6 Å². The van der Waals surface area contributed by atoms with E-state index in [0.717, 1.165) is 5.01 Å². The second-order valence-corrected chi connectivity index (χ2v) is 7.11. The number of fused-ring (bicyclic) bond motifs is 1. The molecule has 2 aliphatic heterocycles. The Labute approximate surface area is 164 Å². The fourth-order valence-electron chi connectivity index (χ4n) is 3.17. The number of carbonyl (C=O) groups is 3. The summed E-state index contributed by atoms with van der Waals surface area (Å²) in [6.45, 7) is 3.14. The fraction of sp³-hybridized carbons (Fsp3) is 0.375. The van der Waals surface area contributed by atoms with Gasteiger partial charge in [0.2, 0.25) is 17.7 Å². The number of benzene rings is 1. The third kappa shape index (κ3) is 3.05. The van der Waals surface area contributed by atoms with Gasteiger partial charge in [0.05, 0.1) is 30.2 Å². The summed E-state index contributed by atoms with van der Waals surface area (Å²) >= 11 is 5.06. The molecule has 0 radical (unpaired) electrons. The van der Waals surface area contributed by atoms with Crippen molar-refractivity contribution in [1.29, 1.82) is 0 Å². The Balaban J connectivity index is 1.91. The number of nitro benzene ring substituents is 1. The minimum atomic E-state index is -1.20. The number of carbonyl (C=O) groups excluding carboxylic acids is 3. The number of non-ortho nitro benzene ring substituents is 1. The van der Waals surface area contributed by atoms with Gasteiger partial charge in [0, 0.05) is 6.07 Å². The molecule has 1 aromatic carbocycles. The van der Waals surface area contributed by atoms with Crippen molar-refractivity contribution < 1.29 is 24.0 Å². The Morgan fingerprint density at radius 1 is 1.43 bits per heavy atom. The van der Waals surface area contributed by atoms with E-state index < -0.39 is 34.2 Å². The summed E-state index contributed by atoms with van der Waals surface area (Å²) in [6.07, 6.45) is -0.181. The van der Waals surface area contributed by atoms with Gasteiger partial charge in [-0.25, -0.2) is 5.01 Å². The lowest BCUT2D eigenvalue weighted by atomic mass is 10.00. The molecule has 2 heterocycles. The van der Waals surface area contributed by atoms with Crippen LogP contribution in [-0.2, 0) is 14.4 Å². The molecule has 3 rings (SSSR count).